The smallest absolute Gasteiger partial charge is 0.164 e. The van der Waals surface area contributed by atoms with Crippen LogP contribution in [0.4, 0.5) is 0 Å². The van der Waals surface area contributed by atoms with Crippen LogP contribution in [0.1, 0.15) is 126 Å². The number of carbonyl (C=O) groups is 3. The van der Waals surface area contributed by atoms with Crippen molar-refractivity contribution >= 4 is 17.3 Å². The van der Waals surface area contributed by atoms with Crippen LogP contribution in [0, 0.1) is 42.4 Å². The summed E-state index contributed by atoms with van der Waals surface area (Å²) in [5.41, 5.74) is 11.2. The quantitative estimate of drug-likeness (QED) is 0.143. The van der Waals surface area contributed by atoms with E-state index in [4.69, 9.17) is 0 Å². The molecular formula is C51H40N4O3. The summed E-state index contributed by atoms with van der Waals surface area (Å²) in [6, 6.07) is 32.7. The number of ketones is 3. The number of rotatable bonds is 0. The Labute approximate surface area is 339 Å². The molecule has 0 fully saturated rings. The lowest BCUT2D eigenvalue weighted by atomic mass is 9.94. The largest absolute Gasteiger partial charge is 0.294 e. The first-order chi connectivity index (χ1) is 28.4. The summed E-state index contributed by atoms with van der Waals surface area (Å²) >= 11 is 0. The summed E-state index contributed by atoms with van der Waals surface area (Å²) in [6.45, 7) is 2.05. The van der Waals surface area contributed by atoms with E-state index in [-0.39, 0.29) is 17.3 Å². The molecule has 0 amide bonds. The Morgan fingerprint density at radius 3 is 1.34 bits per heavy atom. The number of nitrogens with zero attached hydrogens (tertiary/aromatic N) is 4. The molecule has 3 aliphatic rings. The zero-order valence-corrected chi connectivity index (χ0v) is 32.3. The van der Waals surface area contributed by atoms with Gasteiger partial charge in [0.1, 0.15) is 17.1 Å². The number of fused-ring (bicyclic) bond motifs is 3. The highest BCUT2D eigenvalue weighted by atomic mass is 16.1. The third-order valence-electron chi connectivity index (χ3n) is 9.73. The summed E-state index contributed by atoms with van der Waals surface area (Å²) < 4.78 is 0. The van der Waals surface area contributed by atoms with Gasteiger partial charge in [-0.25, -0.2) is 15.0 Å². The van der Waals surface area contributed by atoms with E-state index in [9.17, 15) is 14.4 Å². The minimum Gasteiger partial charge on any atom is -0.294 e. The Kier molecular flexibility index (Phi) is 12.8. The van der Waals surface area contributed by atoms with Crippen LogP contribution in [0.5, 0.6) is 0 Å². The van der Waals surface area contributed by atoms with Crippen molar-refractivity contribution in [3.05, 3.63) is 189 Å². The number of benzene rings is 2. The first-order valence-corrected chi connectivity index (χ1v) is 19.5. The molecule has 0 spiro atoms. The molecule has 2 aromatic carbocycles. The number of Topliss-reactive ketones (excluding diaryl/α,β-unsaturated/α-hetero) is 3. The van der Waals surface area contributed by atoms with E-state index in [0.717, 1.165) is 100 Å². The van der Waals surface area contributed by atoms with Gasteiger partial charge < -0.3 is 0 Å². The van der Waals surface area contributed by atoms with E-state index in [0.29, 0.717) is 25.0 Å². The fourth-order valence-electron chi connectivity index (χ4n) is 6.79. The fraction of sp³-hybridized carbons (Fsp3) is 0.196. The van der Waals surface area contributed by atoms with E-state index in [1.54, 1.807) is 12.4 Å². The highest BCUT2D eigenvalue weighted by Gasteiger charge is 2.20. The maximum Gasteiger partial charge on any atom is 0.164 e. The minimum absolute atomic E-state index is 0.195. The van der Waals surface area contributed by atoms with E-state index in [2.05, 4.69) is 61.5 Å². The summed E-state index contributed by atoms with van der Waals surface area (Å²) in [7, 11) is 0. The van der Waals surface area contributed by atoms with Crippen molar-refractivity contribution in [2.75, 3.05) is 0 Å². The van der Waals surface area contributed by atoms with Gasteiger partial charge in [-0.15, -0.1) is 0 Å². The topological polar surface area (TPSA) is 103 Å². The standard InChI is InChI=1S/C18H15NO.C17H13NO.C16H12N2O/c1-13-4-2-5-14(12-13)8-9-15-10-11-16-17(19-15)6-3-7-18(16)20;19-17-8-4-7-16-15(17)12-11-14(18-16)10-9-13-5-2-1-3-6-13;19-16-5-1-4-15-14(16)9-8-13(18-15)7-6-12-3-2-10-17-11-12/h2,4-5,10-12H,3,6-7H2,1H3;1-3,5-6,11-12H,4,7-8H2;2-3,8-11H,1,4-5H2. The molecule has 0 unspecified atom stereocenters. The van der Waals surface area contributed by atoms with E-state index in [1.807, 2.05) is 104 Å². The van der Waals surface area contributed by atoms with Gasteiger partial charge in [0.05, 0.1) is 17.1 Å². The molecule has 9 rings (SSSR count). The van der Waals surface area contributed by atoms with Gasteiger partial charge in [-0.2, -0.15) is 0 Å². The Morgan fingerprint density at radius 1 is 0.431 bits per heavy atom. The van der Waals surface area contributed by atoms with Crippen LogP contribution in [-0.2, 0) is 19.3 Å². The second-order valence-corrected chi connectivity index (χ2v) is 14.1. The number of hydrogen-bond acceptors (Lipinski definition) is 7. The molecule has 7 heteroatoms. The zero-order chi connectivity index (χ0) is 40.1. The van der Waals surface area contributed by atoms with Crippen molar-refractivity contribution in [1.29, 1.82) is 0 Å². The maximum absolute atomic E-state index is 11.7. The van der Waals surface area contributed by atoms with Gasteiger partial charge >= 0.3 is 0 Å². The predicted octanol–water partition coefficient (Wildman–Crippen LogP) is 8.70. The molecular weight excluding hydrogens is 717 g/mol. The Balaban J connectivity index is 0.000000132. The Bertz CT molecular complexity index is 2560. The lowest BCUT2D eigenvalue weighted by Crippen LogP contribution is -2.12. The molecule has 0 bridgehead atoms. The average Bonchev–Trinajstić information content (AvgIpc) is 3.26. The molecule has 0 radical (unpaired) electrons. The molecule has 0 saturated carbocycles. The third kappa shape index (κ3) is 10.5. The van der Waals surface area contributed by atoms with Gasteiger partial charge in [0.2, 0.25) is 0 Å². The second kappa shape index (κ2) is 19.1. The van der Waals surface area contributed by atoms with E-state index < -0.39 is 0 Å². The number of aryl methyl sites for hydroxylation is 4. The number of pyridine rings is 4. The molecule has 58 heavy (non-hydrogen) atoms. The average molecular weight is 757 g/mol. The summed E-state index contributed by atoms with van der Waals surface area (Å²) in [6.07, 6.45) is 10.7. The van der Waals surface area contributed by atoms with Crippen LogP contribution in [0.15, 0.2) is 116 Å². The van der Waals surface area contributed by atoms with Crippen LogP contribution >= 0.6 is 0 Å². The van der Waals surface area contributed by atoms with Gasteiger partial charge in [-0.1, -0.05) is 48.1 Å². The van der Waals surface area contributed by atoms with Crippen molar-refractivity contribution in [1.82, 2.24) is 19.9 Å². The molecule has 0 saturated heterocycles. The second-order valence-electron chi connectivity index (χ2n) is 14.1. The monoisotopic (exact) mass is 756 g/mol. The summed E-state index contributed by atoms with van der Waals surface area (Å²) in [5, 5.41) is 0. The summed E-state index contributed by atoms with van der Waals surface area (Å²) in [4.78, 5) is 52.6. The van der Waals surface area contributed by atoms with Crippen LogP contribution in [-0.4, -0.2) is 37.3 Å². The Morgan fingerprint density at radius 2 is 0.879 bits per heavy atom. The molecule has 0 N–H and O–H groups in total. The number of aromatic nitrogens is 4. The number of carbonyl (C=O) groups excluding carboxylic acids is 3. The SMILES string of the molecule is Cc1cccc(C#Cc2ccc3c(n2)CCCC3=O)c1.O=C1CCCc2nc(C#Cc3ccccc3)ccc21.O=C1CCCc2nc(C#Cc3cccnc3)ccc21. The molecule has 7 nitrogen and oxygen atoms in total. The van der Waals surface area contributed by atoms with Gasteiger partial charge in [0.25, 0.3) is 0 Å². The first kappa shape index (κ1) is 39.0. The van der Waals surface area contributed by atoms with Crippen molar-refractivity contribution in [2.24, 2.45) is 0 Å². The Hall–Kier alpha value is -7.27. The van der Waals surface area contributed by atoms with E-state index >= 15 is 0 Å². The van der Waals surface area contributed by atoms with Gasteiger partial charge in [-0.3, -0.25) is 19.4 Å². The van der Waals surface area contributed by atoms with Crippen molar-refractivity contribution in [3.8, 4) is 35.5 Å². The minimum atomic E-state index is 0.195. The lowest BCUT2D eigenvalue weighted by molar-refractivity contribution is 0.0963. The zero-order valence-electron chi connectivity index (χ0n) is 32.3. The molecule has 3 aliphatic carbocycles. The molecule has 0 atom stereocenters. The van der Waals surface area contributed by atoms with Gasteiger partial charge in [0, 0.05) is 65.0 Å². The normalized spacial score (nSPS) is 13.4. The third-order valence-corrected chi connectivity index (χ3v) is 9.73. The molecule has 6 aromatic rings. The van der Waals surface area contributed by atoms with Crippen molar-refractivity contribution in [2.45, 2.75) is 64.7 Å². The molecule has 282 valence electrons. The van der Waals surface area contributed by atoms with Crippen LogP contribution < -0.4 is 0 Å². The van der Waals surface area contributed by atoms with Crippen LogP contribution in [0.3, 0.4) is 0 Å². The van der Waals surface area contributed by atoms with Crippen LogP contribution in [0.2, 0.25) is 0 Å². The predicted molar refractivity (Wildman–Crippen MR) is 224 cm³/mol. The highest BCUT2D eigenvalue weighted by Crippen LogP contribution is 2.22. The first-order valence-electron chi connectivity index (χ1n) is 19.5. The van der Waals surface area contributed by atoms with Crippen LogP contribution in [0.25, 0.3) is 0 Å². The van der Waals surface area contributed by atoms with Gasteiger partial charge in [0.15, 0.2) is 17.3 Å². The highest BCUT2D eigenvalue weighted by molar-refractivity contribution is 5.99. The molecule has 4 heterocycles. The van der Waals surface area contributed by atoms with Crippen molar-refractivity contribution in [3.63, 3.8) is 0 Å². The molecule has 4 aromatic heterocycles. The van der Waals surface area contributed by atoms with Crippen molar-refractivity contribution < 1.29 is 14.4 Å². The van der Waals surface area contributed by atoms with Gasteiger partial charge in [-0.05, 0) is 142 Å². The lowest BCUT2D eigenvalue weighted by Gasteiger charge is -2.12. The number of hydrogen-bond donors (Lipinski definition) is 0. The maximum atomic E-state index is 11.7. The fourth-order valence-corrected chi connectivity index (χ4v) is 6.79. The molecule has 0 aliphatic heterocycles. The van der Waals surface area contributed by atoms with E-state index in [1.165, 1.54) is 5.56 Å². The summed E-state index contributed by atoms with van der Waals surface area (Å²) in [5.74, 6) is 19.0.